The minimum absolute atomic E-state index is 0.00372. The summed E-state index contributed by atoms with van der Waals surface area (Å²) in [6, 6.07) is 0.274. The molecule has 2 rings (SSSR count). The standard InChI is InChI=1S/C13H21ClN4O/c1-8(2)18-13(19)12(14)11(7-16-18)17-10-6-4-3-5-9(10)15/h7-10,17H,3-6,15H2,1-2H3/t9-,10-/m1/s1. The van der Waals surface area contributed by atoms with Crippen LogP contribution in [0.2, 0.25) is 5.02 Å². The molecule has 1 aliphatic carbocycles. The topological polar surface area (TPSA) is 72.9 Å². The molecule has 1 aromatic heterocycles. The summed E-state index contributed by atoms with van der Waals surface area (Å²) in [6.07, 6.45) is 5.95. The van der Waals surface area contributed by atoms with E-state index in [0.717, 1.165) is 19.3 Å². The zero-order chi connectivity index (χ0) is 14.0. The molecule has 1 heterocycles. The third-order valence-corrected chi connectivity index (χ3v) is 3.96. The molecular weight excluding hydrogens is 264 g/mol. The number of nitrogens with zero attached hydrogens (tertiary/aromatic N) is 2. The molecule has 0 radical (unpaired) electrons. The Hall–Kier alpha value is -1.07. The summed E-state index contributed by atoms with van der Waals surface area (Å²) < 4.78 is 1.38. The number of nitrogens with one attached hydrogen (secondary N) is 1. The maximum atomic E-state index is 12.1. The first kappa shape index (κ1) is 14.3. The van der Waals surface area contributed by atoms with Gasteiger partial charge < -0.3 is 11.1 Å². The van der Waals surface area contributed by atoms with Crippen LogP contribution in [0.25, 0.3) is 0 Å². The highest BCUT2D eigenvalue weighted by Crippen LogP contribution is 2.23. The first-order chi connectivity index (χ1) is 9.00. The van der Waals surface area contributed by atoms with Gasteiger partial charge in [-0.15, -0.1) is 0 Å². The van der Waals surface area contributed by atoms with Crippen LogP contribution in [0, 0.1) is 0 Å². The fraction of sp³-hybridized carbons (Fsp3) is 0.692. The molecule has 3 N–H and O–H groups in total. The Morgan fingerprint density at radius 3 is 2.79 bits per heavy atom. The van der Waals surface area contributed by atoms with Crippen molar-refractivity contribution in [2.45, 2.75) is 57.7 Å². The Morgan fingerprint density at radius 2 is 2.16 bits per heavy atom. The monoisotopic (exact) mass is 284 g/mol. The van der Waals surface area contributed by atoms with Gasteiger partial charge in [-0.1, -0.05) is 24.4 Å². The van der Waals surface area contributed by atoms with Gasteiger partial charge in [0.2, 0.25) is 0 Å². The quantitative estimate of drug-likeness (QED) is 0.892. The van der Waals surface area contributed by atoms with Gasteiger partial charge in [0.05, 0.1) is 17.9 Å². The highest BCUT2D eigenvalue weighted by atomic mass is 35.5. The maximum absolute atomic E-state index is 12.1. The van der Waals surface area contributed by atoms with Crippen molar-refractivity contribution in [3.63, 3.8) is 0 Å². The Bertz CT molecular complexity index is 500. The molecule has 1 fully saturated rings. The highest BCUT2D eigenvalue weighted by Gasteiger charge is 2.23. The van der Waals surface area contributed by atoms with E-state index in [1.807, 2.05) is 13.8 Å². The van der Waals surface area contributed by atoms with Gasteiger partial charge in [0.25, 0.3) is 5.56 Å². The first-order valence-electron chi connectivity index (χ1n) is 6.80. The Morgan fingerprint density at radius 1 is 1.47 bits per heavy atom. The van der Waals surface area contributed by atoms with Crippen LogP contribution < -0.4 is 16.6 Å². The number of nitrogens with two attached hydrogens (primary N) is 1. The predicted molar refractivity (Wildman–Crippen MR) is 77.7 cm³/mol. The largest absolute Gasteiger partial charge is 0.378 e. The zero-order valence-electron chi connectivity index (χ0n) is 11.4. The molecule has 0 amide bonds. The van der Waals surface area contributed by atoms with Crippen molar-refractivity contribution in [3.05, 3.63) is 21.6 Å². The second-order valence-electron chi connectivity index (χ2n) is 5.41. The summed E-state index contributed by atoms with van der Waals surface area (Å²) in [4.78, 5) is 12.1. The van der Waals surface area contributed by atoms with Crippen molar-refractivity contribution < 1.29 is 0 Å². The molecule has 19 heavy (non-hydrogen) atoms. The SMILES string of the molecule is CC(C)n1ncc(N[C@@H]2CCCC[C@H]2N)c(Cl)c1=O. The van der Waals surface area contributed by atoms with Gasteiger partial charge in [0, 0.05) is 12.1 Å². The maximum Gasteiger partial charge on any atom is 0.287 e. The Balaban J connectivity index is 2.21. The molecule has 2 atom stereocenters. The molecule has 0 spiro atoms. The van der Waals surface area contributed by atoms with Gasteiger partial charge in [-0.25, -0.2) is 4.68 Å². The van der Waals surface area contributed by atoms with E-state index in [-0.39, 0.29) is 28.7 Å². The van der Waals surface area contributed by atoms with Gasteiger partial charge in [-0.3, -0.25) is 4.79 Å². The Kier molecular flexibility index (Phi) is 4.47. The van der Waals surface area contributed by atoms with Gasteiger partial charge in [-0.05, 0) is 26.7 Å². The molecule has 1 aliphatic rings. The van der Waals surface area contributed by atoms with Gasteiger partial charge in [0.15, 0.2) is 0 Å². The van der Waals surface area contributed by atoms with E-state index >= 15 is 0 Å². The number of halogens is 1. The zero-order valence-corrected chi connectivity index (χ0v) is 12.2. The number of rotatable bonds is 3. The van der Waals surface area contributed by atoms with Crippen LogP contribution in [-0.4, -0.2) is 21.9 Å². The van der Waals surface area contributed by atoms with E-state index < -0.39 is 0 Å². The van der Waals surface area contributed by atoms with Crippen LogP contribution >= 0.6 is 11.6 Å². The fourth-order valence-corrected chi connectivity index (χ4v) is 2.64. The molecule has 0 aromatic carbocycles. The smallest absolute Gasteiger partial charge is 0.287 e. The summed E-state index contributed by atoms with van der Waals surface area (Å²) in [5.41, 5.74) is 6.41. The summed E-state index contributed by atoms with van der Waals surface area (Å²) in [7, 11) is 0. The molecule has 0 bridgehead atoms. The molecule has 1 saturated carbocycles. The van der Waals surface area contributed by atoms with Crippen LogP contribution in [0.3, 0.4) is 0 Å². The normalized spacial score (nSPS) is 23.6. The minimum Gasteiger partial charge on any atom is -0.378 e. The van der Waals surface area contributed by atoms with E-state index in [1.165, 1.54) is 11.1 Å². The lowest BCUT2D eigenvalue weighted by Gasteiger charge is -2.30. The van der Waals surface area contributed by atoms with Gasteiger partial charge in [-0.2, -0.15) is 5.10 Å². The molecule has 106 valence electrons. The number of hydrogen-bond donors (Lipinski definition) is 2. The first-order valence-corrected chi connectivity index (χ1v) is 7.18. The van der Waals surface area contributed by atoms with E-state index in [1.54, 1.807) is 6.20 Å². The van der Waals surface area contributed by atoms with Crippen molar-refractivity contribution >= 4 is 17.3 Å². The summed E-state index contributed by atoms with van der Waals surface area (Å²) in [5, 5.41) is 7.61. The molecule has 1 aromatic rings. The molecule has 0 unspecified atom stereocenters. The third-order valence-electron chi connectivity index (χ3n) is 3.59. The number of hydrogen-bond acceptors (Lipinski definition) is 4. The van der Waals surface area contributed by atoms with E-state index in [4.69, 9.17) is 17.3 Å². The van der Waals surface area contributed by atoms with E-state index in [9.17, 15) is 4.79 Å². The second kappa shape index (κ2) is 5.92. The average molecular weight is 285 g/mol. The minimum atomic E-state index is -0.258. The molecule has 6 heteroatoms. The number of aromatic nitrogens is 2. The van der Waals surface area contributed by atoms with Crippen molar-refractivity contribution in [2.24, 2.45) is 5.73 Å². The Labute approximate surface area is 118 Å². The van der Waals surface area contributed by atoms with Crippen LogP contribution in [0.4, 0.5) is 5.69 Å². The summed E-state index contributed by atoms with van der Waals surface area (Å²) in [5.74, 6) is 0. The van der Waals surface area contributed by atoms with Crippen LogP contribution in [0.1, 0.15) is 45.6 Å². The van der Waals surface area contributed by atoms with Crippen molar-refractivity contribution in [1.82, 2.24) is 9.78 Å². The lowest BCUT2D eigenvalue weighted by molar-refractivity contribution is 0.403. The second-order valence-corrected chi connectivity index (χ2v) is 5.79. The average Bonchev–Trinajstić information content (AvgIpc) is 2.37. The van der Waals surface area contributed by atoms with Gasteiger partial charge in [0.1, 0.15) is 5.02 Å². The molecule has 5 nitrogen and oxygen atoms in total. The van der Waals surface area contributed by atoms with Gasteiger partial charge >= 0.3 is 0 Å². The predicted octanol–water partition coefficient (Wildman–Crippen LogP) is 2.16. The number of anilines is 1. The van der Waals surface area contributed by atoms with Crippen LogP contribution in [0.5, 0.6) is 0 Å². The van der Waals surface area contributed by atoms with Crippen molar-refractivity contribution in [3.8, 4) is 0 Å². The lowest BCUT2D eigenvalue weighted by atomic mass is 9.91. The molecule has 0 aliphatic heterocycles. The third kappa shape index (κ3) is 3.09. The summed E-state index contributed by atoms with van der Waals surface area (Å²) in [6.45, 7) is 3.80. The van der Waals surface area contributed by atoms with E-state index in [2.05, 4.69) is 10.4 Å². The molecular formula is C13H21ClN4O. The summed E-state index contributed by atoms with van der Waals surface area (Å²) >= 11 is 6.13. The van der Waals surface area contributed by atoms with Crippen LogP contribution in [0.15, 0.2) is 11.0 Å². The lowest BCUT2D eigenvalue weighted by Crippen LogP contribution is -2.43. The van der Waals surface area contributed by atoms with Crippen LogP contribution in [-0.2, 0) is 0 Å². The highest BCUT2D eigenvalue weighted by molar-refractivity contribution is 6.32. The van der Waals surface area contributed by atoms with Crippen molar-refractivity contribution in [2.75, 3.05) is 5.32 Å². The van der Waals surface area contributed by atoms with E-state index in [0.29, 0.717) is 5.69 Å². The van der Waals surface area contributed by atoms with Crippen molar-refractivity contribution in [1.29, 1.82) is 0 Å². The molecule has 0 saturated heterocycles. The fourth-order valence-electron chi connectivity index (χ4n) is 2.45.